The molecule has 6 heteroatoms. The monoisotopic (exact) mass is 312 g/mol. The highest BCUT2D eigenvalue weighted by molar-refractivity contribution is 7.90. The molecule has 0 saturated heterocycles. The molecule has 118 valence electrons. The molecule has 0 spiro atoms. The van der Waals surface area contributed by atoms with E-state index < -0.39 is 9.84 Å². The lowest BCUT2D eigenvalue weighted by Gasteiger charge is -2.23. The van der Waals surface area contributed by atoms with Gasteiger partial charge in [0.2, 0.25) is 0 Å². The second-order valence-corrected chi connectivity index (χ2v) is 8.42. The highest BCUT2D eigenvalue weighted by atomic mass is 32.2. The van der Waals surface area contributed by atoms with Gasteiger partial charge in [0.15, 0.2) is 0 Å². The third-order valence-electron chi connectivity index (χ3n) is 2.96. The molecular weight excluding hydrogens is 288 g/mol. The minimum atomic E-state index is -2.98. The predicted octanol–water partition coefficient (Wildman–Crippen LogP) is 2.54. The van der Waals surface area contributed by atoms with E-state index in [9.17, 15) is 13.2 Å². The third kappa shape index (κ3) is 6.62. The first-order valence-electron chi connectivity index (χ1n) is 6.92. The van der Waals surface area contributed by atoms with Crippen LogP contribution in [0.3, 0.4) is 0 Å². The Morgan fingerprint density at radius 2 is 1.81 bits per heavy atom. The molecule has 2 N–H and O–H groups in total. The molecule has 1 aromatic rings. The SMILES string of the molecule is CC(C)(C)c1ccccc1NC(=O)NCCCS(C)(=O)=O. The maximum Gasteiger partial charge on any atom is 0.319 e. The van der Waals surface area contributed by atoms with Crippen molar-refractivity contribution in [2.24, 2.45) is 0 Å². The van der Waals surface area contributed by atoms with E-state index in [1.807, 2.05) is 24.3 Å². The molecule has 0 unspecified atom stereocenters. The van der Waals surface area contributed by atoms with Crippen LogP contribution in [-0.4, -0.2) is 33.0 Å². The molecule has 0 aliphatic rings. The van der Waals surface area contributed by atoms with Gasteiger partial charge in [-0.15, -0.1) is 0 Å². The number of hydrogen-bond donors (Lipinski definition) is 2. The predicted molar refractivity (Wildman–Crippen MR) is 86.5 cm³/mol. The van der Waals surface area contributed by atoms with Crippen LogP contribution in [0.4, 0.5) is 10.5 Å². The van der Waals surface area contributed by atoms with Gasteiger partial charge in [0, 0.05) is 18.5 Å². The fraction of sp³-hybridized carbons (Fsp3) is 0.533. The van der Waals surface area contributed by atoms with Gasteiger partial charge in [-0.25, -0.2) is 13.2 Å². The Morgan fingerprint density at radius 1 is 1.19 bits per heavy atom. The largest absolute Gasteiger partial charge is 0.338 e. The molecule has 0 bridgehead atoms. The Morgan fingerprint density at radius 3 is 2.38 bits per heavy atom. The van der Waals surface area contributed by atoms with Crippen molar-refractivity contribution in [2.45, 2.75) is 32.6 Å². The summed E-state index contributed by atoms with van der Waals surface area (Å²) < 4.78 is 22.0. The minimum absolute atomic E-state index is 0.0693. The highest BCUT2D eigenvalue weighted by Gasteiger charge is 2.18. The van der Waals surface area contributed by atoms with Crippen molar-refractivity contribution < 1.29 is 13.2 Å². The fourth-order valence-electron chi connectivity index (χ4n) is 1.95. The van der Waals surface area contributed by atoms with Gasteiger partial charge in [-0.05, 0) is 23.5 Å². The molecule has 0 saturated carbocycles. The van der Waals surface area contributed by atoms with Gasteiger partial charge in [0.05, 0.1) is 5.75 Å². The first-order chi connectivity index (χ1) is 9.59. The van der Waals surface area contributed by atoms with Gasteiger partial charge in [0.1, 0.15) is 9.84 Å². The van der Waals surface area contributed by atoms with Crippen LogP contribution in [0, 0.1) is 0 Å². The quantitative estimate of drug-likeness (QED) is 0.820. The van der Waals surface area contributed by atoms with Crippen molar-refractivity contribution in [2.75, 3.05) is 23.9 Å². The number of hydrogen-bond acceptors (Lipinski definition) is 3. The summed E-state index contributed by atoms with van der Waals surface area (Å²) in [7, 11) is -2.98. The number of benzene rings is 1. The number of nitrogens with one attached hydrogen (secondary N) is 2. The average molecular weight is 312 g/mol. The first-order valence-corrected chi connectivity index (χ1v) is 8.98. The summed E-state index contributed by atoms with van der Waals surface area (Å²) in [6.45, 7) is 6.57. The van der Waals surface area contributed by atoms with E-state index >= 15 is 0 Å². The van der Waals surface area contributed by atoms with Gasteiger partial charge in [0.25, 0.3) is 0 Å². The summed E-state index contributed by atoms with van der Waals surface area (Å²) in [5.74, 6) is 0.0753. The number of rotatable bonds is 5. The standard InChI is InChI=1S/C15H24N2O3S/c1-15(2,3)12-8-5-6-9-13(12)17-14(18)16-10-7-11-21(4,19)20/h5-6,8-9H,7,10-11H2,1-4H3,(H2,16,17,18). The van der Waals surface area contributed by atoms with Crippen molar-refractivity contribution in [3.63, 3.8) is 0 Å². The van der Waals surface area contributed by atoms with Crippen LogP contribution >= 0.6 is 0 Å². The van der Waals surface area contributed by atoms with Gasteiger partial charge < -0.3 is 10.6 Å². The molecule has 0 heterocycles. The summed E-state index contributed by atoms with van der Waals surface area (Å²) in [4.78, 5) is 11.8. The Labute approximate surface area is 127 Å². The normalized spacial score (nSPS) is 12.0. The summed E-state index contributed by atoms with van der Waals surface area (Å²) in [6.07, 6.45) is 1.60. The first kappa shape index (κ1) is 17.5. The number of para-hydroxylation sites is 1. The highest BCUT2D eigenvalue weighted by Crippen LogP contribution is 2.29. The van der Waals surface area contributed by atoms with E-state index in [-0.39, 0.29) is 17.2 Å². The molecule has 21 heavy (non-hydrogen) atoms. The summed E-state index contributed by atoms with van der Waals surface area (Å²) in [6, 6.07) is 7.33. The molecular formula is C15H24N2O3S. The molecule has 0 aromatic heterocycles. The van der Waals surface area contributed by atoms with Gasteiger partial charge in [-0.1, -0.05) is 39.0 Å². The van der Waals surface area contributed by atoms with Gasteiger partial charge in [-0.2, -0.15) is 0 Å². The fourth-order valence-corrected chi connectivity index (χ4v) is 2.62. The van der Waals surface area contributed by atoms with Crippen molar-refractivity contribution in [1.82, 2.24) is 5.32 Å². The van der Waals surface area contributed by atoms with E-state index in [4.69, 9.17) is 0 Å². The van der Waals surface area contributed by atoms with Crippen LogP contribution in [-0.2, 0) is 15.3 Å². The zero-order valence-corrected chi connectivity index (χ0v) is 13.9. The van der Waals surface area contributed by atoms with Crippen LogP contribution in [0.15, 0.2) is 24.3 Å². The lowest BCUT2D eigenvalue weighted by atomic mass is 9.86. The van der Waals surface area contributed by atoms with Crippen LogP contribution < -0.4 is 10.6 Å². The van der Waals surface area contributed by atoms with Crippen molar-refractivity contribution in [3.05, 3.63) is 29.8 Å². The Bertz CT molecular complexity index is 589. The van der Waals surface area contributed by atoms with E-state index in [2.05, 4.69) is 31.4 Å². The molecule has 0 atom stereocenters. The summed E-state index contributed by atoms with van der Waals surface area (Å²) in [5, 5.41) is 5.48. The topological polar surface area (TPSA) is 75.3 Å². The van der Waals surface area contributed by atoms with Crippen molar-refractivity contribution >= 4 is 21.6 Å². The average Bonchev–Trinajstić information content (AvgIpc) is 2.33. The third-order valence-corrected chi connectivity index (χ3v) is 3.99. The van der Waals surface area contributed by atoms with Gasteiger partial charge in [-0.3, -0.25) is 0 Å². The molecule has 2 amide bonds. The second kappa shape index (κ2) is 6.93. The van der Waals surface area contributed by atoms with E-state index in [0.717, 1.165) is 11.3 Å². The van der Waals surface area contributed by atoms with Crippen molar-refractivity contribution in [1.29, 1.82) is 0 Å². The molecule has 5 nitrogen and oxygen atoms in total. The van der Waals surface area contributed by atoms with E-state index in [1.165, 1.54) is 6.26 Å². The maximum absolute atomic E-state index is 11.8. The van der Waals surface area contributed by atoms with E-state index in [0.29, 0.717) is 13.0 Å². The van der Waals surface area contributed by atoms with Crippen LogP contribution in [0.2, 0.25) is 0 Å². The Kier molecular flexibility index (Phi) is 5.78. The molecule has 0 aliphatic heterocycles. The Balaban J connectivity index is 2.56. The summed E-state index contributed by atoms with van der Waals surface area (Å²) >= 11 is 0. The van der Waals surface area contributed by atoms with Crippen LogP contribution in [0.25, 0.3) is 0 Å². The van der Waals surface area contributed by atoms with Crippen molar-refractivity contribution in [3.8, 4) is 0 Å². The lowest BCUT2D eigenvalue weighted by molar-refractivity contribution is 0.252. The number of amides is 2. The lowest BCUT2D eigenvalue weighted by Crippen LogP contribution is -2.31. The molecule has 1 rings (SSSR count). The number of urea groups is 1. The van der Waals surface area contributed by atoms with Crippen LogP contribution in [0.5, 0.6) is 0 Å². The number of carbonyl (C=O) groups excluding carboxylic acids is 1. The molecule has 0 fully saturated rings. The zero-order valence-electron chi connectivity index (χ0n) is 13.1. The number of carbonyl (C=O) groups is 1. The van der Waals surface area contributed by atoms with Gasteiger partial charge >= 0.3 is 6.03 Å². The maximum atomic E-state index is 11.8. The number of anilines is 1. The second-order valence-electron chi connectivity index (χ2n) is 6.16. The molecule has 0 aliphatic carbocycles. The van der Waals surface area contributed by atoms with E-state index in [1.54, 1.807) is 0 Å². The minimum Gasteiger partial charge on any atom is -0.338 e. The van der Waals surface area contributed by atoms with Crippen LogP contribution in [0.1, 0.15) is 32.8 Å². The number of sulfone groups is 1. The smallest absolute Gasteiger partial charge is 0.319 e. The molecule has 1 aromatic carbocycles. The Hall–Kier alpha value is -1.56. The molecule has 0 radical (unpaired) electrons. The zero-order chi connectivity index (χ0) is 16.1. The summed E-state index contributed by atoms with van der Waals surface area (Å²) in [5.41, 5.74) is 1.75.